The number of hydrogen-bond donors (Lipinski definition) is 3. The number of pyridine rings is 2. The molecule has 19 heavy (non-hydrogen) atoms. The van der Waals surface area contributed by atoms with Gasteiger partial charge in [0.25, 0.3) is 5.56 Å². The normalized spacial score (nSPS) is 12.8. The summed E-state index contributed by atoms with van der Waals surface area (Å²) in [5, 5.41) is 7.43. The average molecular weight is 256 g/mol. The van der Waals surface area contributed by atoms with Crippen LogP contribution in [0.15, 0.2) is 29.2 Å². The second-order valence-corrected chi connectivity index (χ2v) is 4.26. The molecule has 0 bridgehead atoms. The average Bonchev–Trinajstić information content (AvgIpc) is 2.56. The van der Waals surface area contributed by atoms with Crippen LogP contribution in [0.5, 0.6) is 5.88 Å². The summed E-state index contributed by atoms with van der Waals surface area (Å²) in [5.74, 6) is 0.139. The van der Waals surface area contributed by atoms with E-state index in [9.17, 15) is 4.79 Å². The lowest BCUT2D eigenvalue weighted by Gasteiger charge is -2.09. The van der Waals surface area contributed by atoms with Crippen molar-refractivity contribution in [1.82, 2.24) is 9.97 Å². The van der Waals surface area contributed by atoms with Gasteiger partial charge < -0.3 is 10.5 Å². The molecular weight excluding hydrogens is 244 g/mol. The number of rotatable bonds is 1. The first-order valence-electron chi connectivity index (χ1n) is 5.85. The molecule has 6 heteroatoms. The van der Waals surface area contributed by atoms with Crippen LogP contribution in [0.25, 0.3) is 11.1 Å². The molecule has 0 fully saturated rings. The molecule has 0 aromatic carbocycles. The summed E-state index contributed by atoms with van der Waals surface area (Å²) in [6.07, 6.45) is 2.39. The van der Waals surface area contributed by atoms with E-state index in [0.29, 0.717) is 24.5 Å². The van der Waals surface area contributed by atoms with Gasteiger partial charge in [0.2, 0.25) is 5.88 Å². The summed E-state index contributed by atoms with van der Waals surface area (Å²) in [7, 11) is 0. The highest BCUT2D eigenvalue weighted by atomic mass is 16.5. The minimum absolute atomic E-state index is 0.138. The largest absolute Gasteiger partial charge is 0.478 e. The number of nitrogens with zero attached hydrogens (tertiary/aromatic N) is 1. The summed E-state index contributed by atoms with van der Waals surface area (Å²) in [5.41, 5.74) is 7.65. The Kier molecular flexibility index (Phi) is 2.56. The number of nitrogen functional groups attached to an aromatic ring is 1. The number of hydrogen-bond acceptors (Lipinski definition) is 4. The van der Waals surface area contributed by atoms with E-state index in [-0.39, 0.29) is 11.4 Å². The van der Waals surface area contributed by atoms with Crippen LogP contribution in [0.4, 0.5) is 0 Å². The van der Waals surface area contributed by atoms with E-state index in [0.717, 1.165) is 11.3 Å². The molecule has 3 heterocycles. The van der Waals surface area contributed by atoms with Crippen molar-refractivity contribution in [2.24, 2.45) is 5.73 Å². The monoisotopic (exact) mass is 256 g/mol. The van der Waals surface area contributed by atoms with Crippen LogP contribution in [0.2, 0.25) is 0 Å². The molecule has 4 N–H and O–H groups in total. The topological polar surface area (TPSA) is 105 Å². The van der Waals surface area contributed by atoms with Gasteiger partial charge in [-0.3, -0.25) is 20.2 Å². The quantitative estimate of drug-likeness (QED) is 0.514. The molecule has 2 aromatic rings. The Morgan fingerprint density at radius 2 is 2.32 bits per heavy atom. The highest BCUT2D eigenvalue weighted by Gasteiger charge is 2.19. The lowest BCUT2D eigenvalue weighted by Crippen LogP contribution is -2.24. The molecule has 3 rings (SSSR count). The number of H-pyrrole nitrogens is 1. The summed E-state index contributed by atoms with van der Waals surface area (Å²) in [6, 6.07) is 5.33. The third-order valence-electron chi connectivity index (χ3n) is 3.06. The second-order valence-electron chi connectivity index (χ2n) is 4.26. The molecule has 2 aromatic heterocycles. The fourth-order valence-corrected chi connectivity index (χ4v) is 2.16. The van der Waals surface area contributed by atoms with Gasteiger partial charge in [0.1, 0.15) is 5.84 Å². The maximum absolute atomic E-state index is 11.8. The minimum atomic E-state index is -0.418. The molecule has 6 nitrogen and oxygen atoms in total. The van der Waals surface area contributed by atoms with Crippen LogP contribution in [0.1, 0.15) is 11.3 Å². The van der Waals surface area contributed by atoms with Crippen LogP contribution in [-0.2, 0) is 6.42 Å². The summed E-state index contributed by atoms with van der Waals surface area (Å²) >= 11 is 0. The first-order chi connectivity index (χ1) is 9.16. The molecule has 0 spiro atoms. The van der Waals surface area contributed by atoms with Crippen LogP contribution in [0, 0.1) is 5.41 Å². The number of aromatic amines is 1. The highest BCUT2D eigenvalue weighted by Crippen LogP contribution is 2.32. The van der Waals surface area contributed by atoms with Crippen LogP contribution in [-0.4, -0.2) is 22.4 Å². The molecule has 0 radical (unpaired) electrons. The van der Waals surface area contributed by atoms with Crippen molar-refractivity contribution in [2.75, 3.05) is 6.61 Å². The van der Waals surface area contributed by atoms with Gasteiger partial charge in [-0.1, -0.05) is 6.07 Å². The van der Waals surface area contributed by atoms with Gasteiger partial charge >= 0.3 is 0 Å². The van der Waals surface area contributed by atoms with Gasteiger partial charge in [0.15, 0.2) is 0 Å². The molecule has 0 atom stereocenters. The van der Waals surface area contributed by atoms with Gasteiger partial charge in [0.05, 0.1) is 17.9 Å². The molecule has 0 aliphatic carbocycles. The second kappa shape index (κ2) is 4.24. The SMILES string of the molecule is N=C(N)c1cc2c([nH]c1=O)OCCc1ncccc1-2. The van der Waals surface area contributed by atoms with E-state index in [1.165, 1.54) is 0 Å². The van der Waals surface area contributed by atoms with Gasteiger partial charge in [-0.15, -0.1) is 0 Å². The Morgan fingerprint density at radius 1 is 1.47 bits per heavy atom. The zero-order valence-electron chi connectivity index (χ0n) is 10.1. The van der Waals surface area contributed by atoms with Gasteiger partial charge in [0, 0.05) is 23.7 Å². The molecule has 1 aliphatic heterocycles. The maximum Gasteiger partial charge on any atom is 0.261 e. The van der Waals surface area contributed by atoms with Crippen molar-refractivity contribution in [2.45, 2.75) is 6.42 Å². The lowest BCUT2D eigenvalue weighted by molar-refractivity contribution is 0.312. The predicted molar refractivity (Wildman–Crippen MR) is 70.5 cm³/mol. The van der Waals surface area contributed by atoms with Gasteiger partial charge in [-0.05, 0) is 12.1 Å². The molecule has 0 saturated heterocycles. The molecule has 0 amide bonds. The number of fused-ring (bicyclic) bond motifs is 3. The third kappa shape index (κ3) is 1.87. The predicted octanol–water partition coefficient (Wildman–Crippen LogP) is 0.656. The van der Waals surface area contributed by atoms with E-state index in [4.69, 9.17) is 15.9 Å². The van der Waals surface area contributed by atoms with E-state index in [2.05, 4.69) is 9.97 Å². The lowest BCUT2D eigenvalue weighted by atomic mass is 10.0. The molecule has 1 aliphatic rings. The zero-order chi connectivity index (χ0) is 13.4. The molecule has 0 saturated carbocycles. The number of nitrogens with two attached hydrogens (primary N) is 1. The summed E-state index contributed by atoms with van der Waals surface area (Å²) in [6.45, 7) is 0.451. The number of aromatic nitrogens is 2. The van der Waals surface area contributed by atoms with Crippen molar-refractivity contribution >= 4 is 5.84 Å². The van der Waals surface area contributed by atoms with Gasteiger partial charge in [-0.25, -0.2) is 0 Å². The first kappa shape index (κ1) is 11.5. The summed E-state index contributed by atoms with van der Waals surface area (Å²) < 4.78 is 5.54. The van der Waals surface area contributed by atoms with Crippen molar-refractivity contribution < 1.29 is 4.74 Å². The summed E-state index contributed by atoms with van der Waals surface area (Å²) in [4.78, 5) is 18.7. The maximum atomic E-state index is 11.8. The fraction of sp³-hybridized carbons (Fsp3) is 0.154. The Balaban J connectivity index is 2.31. The zero-order valence-corrected chi connectivity index (χ0v) is 10.1. The van der Waals surface area contributed by atoms with Crippen molar-refractivity contribution in [3.05, 3.63) is 46.0 Å². The minimum Gasteiger partial charge on any atom is -0.478 e. The number of nitrogens with one attached hydrogen (secondary N) is 2. The van der Waals surface area contributed by atoms with E-state index in [1.807, 2.05) is 12.1 Å². The Hall–Kier alpha value is -2.63. The van der Waals surface area contributed by atoms with Crippen LogP contribution in [0.3, 0.4) is 0 Å². The van der Waals surface area contributed by atoms with E-state index >= 15 is 0 Å². The Labute approximate surface area is 108 Å². The van der Waals surface area contributed by atoms with E-state index in [1.54, 1.807) is 12.3 Å². The smallest absolute Gasteiger partial charge is 0.261 e. The Morgan fingerprint density at radius 3 is 3.11 bits per heavy atom. The van der Waals surface area contributed by atoms with Crippen LogP contribution >= 0.6 is 0 Å². The number of ether oxygens (including phenoxy) is 1. The van der Waals surface area contributed by atoms with Crippen molar-refractivity contribution in [3.8, 4) is 17.0 Å². The first-order valence-corrected chi connectivity index (χ1v) is 5.85. The van der Waals surface area contributed by atoms with Crippen molar-refractivity contribution in [3.63, 3.8) is 0 Å². The fourth-order valence-electron chi connectivity index (χ4n) is 2.16. The van der Waals surface area contributed by atoms with Gasteiger partial charge in [-0.2, -0.15) is 0 Å². The third-order valence-corrected chi connectivity index (χ3v) is 3.06. The molecule has 96 valence electrons. The van der Waals surface area contributed by atoms with Crippen LogP contribution < -0.4 is 16.0 Å². The standard InChI is InChI=1S/C13H12N4O2/c14-11(15)9-6-8-7-2-1-4-16-10(7)3-5-19-13(8)17-12(9)18/h1-2,4,6H,3,5H2,(H3,14,15)(H,17,18). The van der Waals surface area contributed by atoms with E-state index < -0.39 is 5.56 Å². The highest BCUT2D eigenvalue weighted by molar-refractivity contribution is 5.96. The van der Waals surface area contributed by atoms with Crippen molar-refractivity contribution in [1.29, 1.82) is 5.41 Å². The molecule has 0 unspecified atom stereocenters. The Bertz CT molecular complexity index is 721. The number of amidine groups is 1. The molecular formula is C13H12N4O2.